The minimum atomic E-state index is -4.03. The van der Waals surface area contributed by atoms with Crippen LogP contribution in [0.15, 0.2) is 4.21 Å². The molecule has 1 aromatic heterocycles. The van der Waals surface area contributed by atoms with Crippen LogP contribution in [0, 0.1) is 0 Å². The Kier molecular flexibility index (Phi) is 4.23. The molecule has 0 fully saturated rings. The molecule has 0 amide bonds. The minimum Gasteiger partial charge on any atom is -0.204 e. The number of nitrogens with zero attached hydrogens (tertiary/aromatic N) is 1. The van der Waals surface area contributed by atoms with Crippen molar-refractivity contribution >= 4 is 79.7 Å². The topological polar surface area (TPSA) is 37.4 Å². The molecule has 0 saturated carbocycles. The summed E-state index contributed by atoms with van der Waals surface area (Å²) in [6, 6.07) is 0. The highest BCUT2D eigenvalue weighted by molar-refractivity contribution is 7.93. The summed E-state index contributed by atoms with van der Waals surface area (Å²) in [6.45, 7) is 0. The van der Waals surface area contributed by atoms with Crippen molar-refractivity contribution in [3.8, 4) is 0 Å². The third-order valence-electron chi connectivity index (χ3n) is 1.14. The number of sulfonamides is 1. The molecular weight excluding hydrogens is 335 g/mol. The first-order chi connectivity index (χ1) is 6.28. The molecule has 0 atom stereocenters. The molecule has 0 aliphatic carbocycles. The molecule has 14 heavy (non-hydrogen) atoms. The second-order valence-electron chi connectivity index (χ2n) is 1.97. The van der Waals surface area contributed by atoms with Gasteiger partial charge in [0.25, 0.3) is 10.0 Å². The summed E-state index contributed by atoms with van der Waals surface area (Å²) in [7, 11) is -4.03. The maximum absolute atomic E-state index is 11.4. The molecule has 1 heterocycles. The van der Waals surface area contributed by atoms with E-state index in [0.717, 1.165) is 0 Å². The van der Waals surface area contributed by atoms with Gasteiger partial charge in [0.05, 0.1) is 10.0 Å². The van der Waals surface area contributed by atoms with Crippen LogP contribution in [0.2, 0.25) is 14.4 Å². The van der Waals surface area contributed by atoms with Crippen molar-refractivity contribution in [2.75, 3.05) is 0 Å². The minimum absolute atomic E-state index is 0.00261. The van der Waals surface area contributed by atoms with Gasteiger partial charge in [-0.1, -0.05) is 34.8 Å². The zero-order valence-corrected chi connectivity index (χ0v) is 11.4. The fraction of sp³-hybridized carbons (Fsp3) is 0. The fourth-order valence-corrected chi connectivity index (χ4v) is 4.52. The van der Waals surface area contributed by atoms with Gasteiger partial charge in [0.15, 0.2) is 4.21 Å². The van der Waals surface area contributed by atoms with E-state index in [-0.39, 0.29) is 21.9 Å². The van der Waals surface area contributed by atoms with Crippen molar-refractivity contribution in [1.29, 1.82) is 0 Å². The molecule has 10 heteroatoms. The zero-order chi connectivity index (χ0) is 11.1. The maximum atomic E-state index is 11.4. The number of hydrogen-bond acceptors (Lipinski definition) is 3. The molecule has 1 rings (SSSR count). The van der Waals surface area contributed by atoms with E-state index in [1.54, 1.807) is 0 Å². The summed E-state index contributed by atoms with van der Waals surface area (Å²) < 4.78 is 22.5. The number of halogens is 5. The van der Waals surface area contributed by atoms with Gasteiger partial charge in [-0.15, -0.1) is 11.3 Å². The van der Waals surface area contributed by atoms with E-state index >= 15 is 0 Å². The zero-order valence-electron chi connectivity index (χ0n) is 5.97. The fourth-order valence-electron chi connectivity index (χ4n) is 0.575. The molecule has 80 valence electrons. The van der Waals surface area contributed by atoms with E-state index in [9.17, 15) is 8.42 Å². The molecule has 0 bridgehead atoms. The summed E-state index contributed by atoms with van der Waals surface area (Å²) in [5.41, 5.74) is 0. The van der Waals surface area contributed by atoms with Gasteiger partial charge in [-0.05, 0) is 3.34 Å². The highest BCUT2D eigenvalue weighted by Crippen LogP contribution is 2.44. The molecule has 0 aliphatic heterocycles. The van der Waals surface area contributed by atoms with Gasteiger partial charge in [-0.2, -0.15) is 0 Å². The lowest BCUT2D eigenvalue weighted by Gasteiger charge is -2.02. The molecule has 0 saturated heterocycles. The smallest absolute Gasteiger partial charge is 0.204 e. The van der Waals surface area contributed by atoms with E-state index in [1.807, 2.05) is 0 Å². The third-order valence-corrected chi connectivity index (χ3v) is 6.63. The number of rotatable bonds is 2. The largest absolute Gasteiger partial charge is 0.281 e. The van der Waals surface area contributed by atoms with Crippen molar-refractivity contribution in [2.45, 2.75) is 4.21 Å². The third kappa shape index (κ3) is 2.25. The van der Waals surface area contributed by atoms with E-state index in [0.29, 0.717) is 11.3 Å². The Hall–Kier alpha value is 1.06. The summed E-state index contributed by atoms with van der Waals surface area (Å²) >= 11 is 27.7. The first kappa shape index (κ1) is 13.1. The first-order valence-corrected chi connectivity index (χ1v) is 6.85. The maximum Gasteiger partial charge on any atom is 0.281 e. The van der Waals surface area contributed by atoms with Gasteiger partial charge in [-0.3, -0.25) is 0 Å². The first-order valence-electron chi connectivity index (χ1n) is 2.78. The van der Waals surface area contributed by atoms with E-state index < -0.39 is 10.0 Å². The second-order valence-corrected chi connectivity index (χ2v) is 7.58. The monoisotopic (exact) mass is 333 g/mol. The van der Waals surface area contributed by atoms with Crippen molar-refractivity contribution < 1.29 is 8.42 Å². The van der Waals surface area contributed by atoms with Crippen molar-refractivity contribution in [2.24, 2.45) is 0 Å². The van der Waals surface area contributed by atoms with E-state index in [2.05, 4.69) is 0 Å². The van der Waals surface area contributed by atoms with Crippen LogP contribution in [-0.4, -0.2) is 11.8 Å². The van der Waals surface area contributed by atoms with Crippen molar-refractivity contribution in [1.82, 2.24) is 3.34 Å². The molecule has 0 spiro atoms. The molecular formula is C4Cl5NO2S2. The average Bonchev–Trinajstić information content (AvgIpc) is 2.33. The van der Waals surface area contributed by atoms with Crippen LogP contribution in [0.3, 0.4) is 0 Å². The van der Waals surface area contributed by atoms with Gasteiger partial charge >= 0.3 is 0 Å². The molecule has 1 aromatic rings. The SMILES string of the molecule is O=S(=O)(c1sc(Cl)c(Cl)c1Cl)N(Cl)Cl. The van der Waals surface area contributed by atoms with Crippen LogP contribution in [0.25, 0.3) is 0 Å². The Morgan fingerprint density at radius 3 is 1.86 bits per heavy atom. The highest BCUT2D eigenvalue weighted by atomic mass is 35.5. The Labute approximate surface area is 109 Å². The summed E-state index contributed by atoms with van der Waals surface area (Å²) in [5.74, 6) is 0. The predicted molar refractivity (Wildman–Crippen MR) is 60.1 cm³/mol. The lowest BCUT2D eigenvalue weighted by Crippen LogP contribution is -2.11. The normalized spacial score (nSPS) is 12.4. The van der Waals surface area contributed by atoms with E-state index in [4.69, 9.17) is 58.4 Å². The van der Waals surface area contributed by atoms with E-state index in [1.165, 1.54) is 0 Å². The standard InChI is InChI=1S/C4Cl5NO2S2/c5-1-2(6)4(13-3(1)7)14(11,12)10(8)9. The molecule has 0 radical (unpaired) electrons. The Balaban J connectivity index is 3.42. The molecule has 0 N–H and O–H groups in total. The van der Waals surface area contributed by atoms with Crippen LogP contribution in [-0.2, 0) is 10.0 Å². The lowest BCUT2D eigenvalue weighted by molar-refractivity contribution is 0.582. The Bertz CT molecular complexity index is 453. The van der Waals surface area contributed by atoms with Crippen molar-refractivity contribution in [3.05, 3.63) is 14.4 Å². The molecule has 0 unspecified atom stereocenters. The van der Waals surface area contributed by atoms with Gasteiger partial charge < -0.3 is 0 Å². The number of hydrogen-bond donors (Lipinski definition) is 0. The summed E-state index contributed by atoms with van der Waals surface area (Å²) in [4.78, 5) is 0. The number of thiophene rings is 1. The quantitative estimate of drug-likeness (QED) is 0.766. The predicted octanol–water partition coefficient (Wildman–Crippen LogP) is 4.01. The summed E-state index contributed by atoms with van der Waals surface area (Å²) in [5, 5.41) is -0.222. The molecule has 3 nitrogen and oxygen atoms in total. The van der Waals surface area contributed by atoms with Crippen LogP contribution < -0.4 is 0 Å². The van der Waals surface area contributed by atoms with Crippen LogP contribution in [0.1, 0.15) is 0 Å². The summed E-state index contributed by atoms with van der Waals surface area (Å²) in [6.07, 6.45) is 0. The van der Waals surface area contributed by atoms with Gasteiger partial charge in [0.1, 0.15) is 4.34 Å². The van der Waals surface area contributed by atoms with Crippen LogP contribution in [0.5, 0.6) is 0 Å². The van der Waals surface area contributed by atoms with Crippen LogP contribution >= 0.6 is 69.7 Å². The lowest BCUT2D eigenvalue weighted by atomic mass is 10.6. The van der Waals surface area contributed by atoms with Gasteiger partial charge in [0.2, 0.25) is 0 Å². The molecule has 0 aliphatic rings. The average molecular weight is 335 g/mol. The van der Waals surface area contributed by atoms with Crippen molar-refractivity contribution in [3.63, 3.8) is 0 Å². The molecule has 0 aromatic carbocycles. The Morgan fingerprint density at radius 1 is 1.07 bits per heavy atom. The Morgan fingerprint density at radius 2 is 1.57 bits per heavy atom. The highest BCUT2D eigenvalue weighted by Gasteiger charge is 2.29. The van der Waals surface area contributed by atoms with Crippen LogP contribution in [0.4, 0.5) is 0 Å². The second kappa shape index (κ2) is 4.51. The van der Waals surface area contributed by atoms with Gasteiger partial charge in [-0.25, -0.2) is 8.42 Å². The van der Waals surface area contributed by atoms with Gasteiger partial charge in [0, 0.05) is 23.6 Å².